The van der Waals surface area contributed by atoms with Crippen LogP contribution in [0.3, 0.4) is 0 Å². The average Bonchev–Trinajstić information content (AvgIpc) is 3.38. The SMILES string of the molecule is CCCCCCCC/C=C\CCCCCCCCCC(=O)OCCCCCCCC/C=C\C/C=C\CCC(=O)NC(CO)C(O)/C=C/CCCCCCCCCCCCCCCCCCCCCCCCC. The number of unbranched alkanes of at least 4 members (excludes halogenated alkanes) is 42. The Morgan fingerprint density at radius 1 is 0.389 bits per heavy atom. The maximum atomic E-state index is 12.5. The van der Waals surface area contributed by atoms with Gasteiger partial charge in [0.1, 0.15) is 0 Å². The van der Waals surface area contributed by atoms with Gasteiger partial charge in [0, 0.05) is 12.8 Å². The fourth-order valence-corrected chi connectivity index (χ4v) is 9.68. The van der Waals surface area contributed by atoms with Gasteiger partial charge in [-0.2, -0.15) is 0 Å². The van der Waals surface area contributed by atoms with Crippen LogP contribution in [-0.2, 0) is 14.3 Å². The number of aliphatic hydroxyl groups is 2. The highest BCUT2D eigenvalue weighted by Gasteiger charge is 2.17. The van der Waals surface area contributed by atoms with Crippen LogP contribution in [0, 0.1) is 0 Å². The zero-order valence-electron chi connectivity index (χ0n) is 48.2. The molecule has 0 aromatic heterocycles. The normalized spacial score (nSPS) is 12.9. The highest BCUT2D eigenvalue weighted by molar-refractivity contribution is 5.76. The average molecular weight is 1010 g/mol. The Labute approximate surface area is 448 Å². The van der Waals surface area contributed by atoms with Crippen LogP contribution >= 0.6 is 0 Å². The number of carbonyl (C=O) groups excluding carboxylic acids is 2. The van der Waals surface area contributed by atoms with Crippen LogP contribution in [0.1, 0.15) is 335 Å². The van der Waals surface area contributed by atoms with E-state index in [4.69, 9.17) is 4.74 Å². The van der Waals surface area contributed by atoms with Crippen molar-refractivity contribution in [3.05, 3.63) is 48.6 Å². The smallest absolute Gasteiger partial charge is 0.305 e. The van der Waals surface area contributed by atoms with Gasteiger partial charge in [-0.25, -0.2) is 0 Å². The first-order valence-electron chi connectivity index (χ1n) is 31.9. The van der Waals surface area contributed by atoms with Crippen molar-refractivity contribution in [3.8, 4) is 0 Å². The zero-order chi connectivity index (χ0) is 52.2. The van der Waals surface area contributed by atoms with E-state index in [0.717, 1.165) is 51.4 Å². The molecule has 0 heterocycles. The van der Waals surface area contributed by atoms with Crippen molar-refractivity contribution >= 4 is 11.9 Å². The lowest BCUT2D eigenvalue weighted by molar-refractivity contribution is -0.143. The lowest BCUT2D eigenvalue weighted by atomic mass is 10.0. The Kier molecular flexibility index (Phi) is 59.5. The summed E-state index contributed by atoms with van der Waals surface area (Å²) in [5.41, 5.74) is 0. The molecule has 1 amide bonds. The summed E-state index contributed by atoms with van der Waals surface area (Å²) in [5.74, 6) is -0.168. The van der Waals surface area contributed by atoms with Crippen LogP contribution in [-0.4, -0.2) is 47.4 Å². The molecule has 0 saturated heterocycles. The van der Waals surface area contributed by atoms with E-state index in [2.05, 4.69) is 49.5 Å². The third-order valence-corrected chi connectivity index (χ3v) is 14.6. The number of aliphatic hydroxyl groups excluding tert-OH is 2. The van der Waals surface area contributed by atoms with Crippen LogP contribution < -0.4 is 5.32 Å². The first-order valence-corrected chi connectivity index (χ1v) is 31.9. The van der Waals surface area contributed by atoms with E-state index in [1.54, 1.807) is 6.08 Å². The molecule has 0 bridgehead atoms. The molecule has 0 aromatic rings. The summed E-state index contributed by atoms with van der Waals surface area (Å²) in [7, 11) is 0. The standard InChI is InChI=1S/C66H123NO5/c1-3-5-7-9-11-13-15-17-19-21-22-23-24-25-26-27-28-30-31-34-38-42-46-50-54-58-64(69)63(62-68)67-65(70)59-55-51-47-43-39-35-33-37-41-45-49-53-57-61-72-66(71)60-56-52-48-44-40-36-32-29-20-18-16-14-12-10-8-6-4-2/h18,20,35,39,47,51,54,58,63-64,68-69H,3-17,19,21-34,36-38,40-46,48-50,52-53,55-57,59-62H2,1-2H3,(H,67,70)/b20-18-,39-35-,51-47-,58-54+. The second kappa shape index (κ2) is 61.4. The highest BCUT2D eigenvalue weighted by Crippen LogP contribution is 2.17. The number of hydrogen-bond acceptors (Lipinski definition) is 5. The molecule has 0 fully saturated rings. The van der Waals surface area contributed by atoms with Gasteiger partial charge in [-0.15, -0.1) is 0 Å². The minimum Gasteiger partial charge on any atom is -0.466 e. The third kappa shape index (κ3) is 57.1. The van der Waals surface area contributed by atoms with E-state index in [0.29, 0.717) is 25.9 Å². The molecule has 6 nitrogen and oxygen atoms in total. The van der Waals surface area contributed by atoms with Crippen molar-refractivity contribution in [2.24, 2.45) is 0 Å². The van der Waals surface area contributed by atoms with Crippen molar-refractivity contribution in [1.82, 2.24) is 5.32 Å². The number of hydrogen-bond donors (Lipinski definition) is 3. The Morgan fingerprint density at radius 2 is 0.708 bits per heavy atom. The monoisotopic (exact) mass is 1010 g/mol. The maximum absolute atomic E-state index is 12.5. The van der Waals surface area contributed by atoms with Gasteiger partial charge in [-0.3, -0.25) is 9.59 Å². The number of carbonyl (C=O) groups is 2. The molecule has 0 rings (SSSR count). The fraction of sp³-hybridized carbons (Fsp3) is 0.848. The Bertz CT molecular complexity index is 1210. The van der Waals surface area contributed by atoms with E-state index in [1.807, 2.05) is 12.2 Å². The molecule has 0 spiro atoms. The molecule has 6 heteroatoms. The van der Waals surface area contributed by atoms with Crippen LogP contribution in [0.2, 0.25) is 0 Å². The minimum absolute atomic E-state index is 0.0215. The largest absolute Gasteiger partial charge is 0.466 e. The molecule has 2 atom stereocenters. The van der Waals surface area contributed by atoms with Gasteiger partial charge in [0.25, 0.3) is 0 Å². The van der Waals surface area contributed by atoms with Crippen LogP contribution in [0.5, 0.6) is 0 Å². The molecule has 0 saturated carbocycles. The number of amides is 1. The number of esters is 1. The van der Waals surface area contributed by atoms with Gasteiger partial charge < -0.3 is 20.3 Å². The van der Waals surface area contributed by atoms with E-state index in [1.165, 1.54) is 250 Å². The molecule has 0 aliphatic rings. The van der Waals surface area contributed by atoms with Gasteiger partial charge in [-0.05, 0) is 77.0 Å². The summed E-state index contributed by atoms with van der Waals surface area (Å²) in [6, 6.07) is -0.674. The zero-order valence-corrected chi connectivity index (χ0v) is 48.2. The van der Waals surface area contributed by atoms with Gasteiger partial charge in [-0.1, -0.05) is 294 Å². The summed E-state index contributed by atoms with van der Waals surface area (Å²) in [6.45, 7) is 4.85. The molecular weight excluding hydrogens is 887 g/mol. The lowest BCUT2D eigenvalue weighted by Crippen LogP contribution is -2.45. The minimum atomic E-state index is -0.882. The fourth-order valence-electron chi connectivity index (χ4n) is 9.68. The predicted molar refractivity (Wildman–Crippen MR) is 315 cm³/mol. The first-order chi connectivity index (χ1) is 35.5. The molecule has 0 aliphatic heterocycles. The van der Waals surface area contributed by atoms with Crippen molar-refractivity contribution < 1.29 is 24.5 Å². The topological polar surface area (TPSA) is 95.9 Å². The Balaban J connectivity index is 3.55. The van der Waals surface area contributed by atoms with Gasteiger partial charge >= 0.3 is 5.97 Å². The van der Waals surface area contributed by atoms with E-state index >= 15 is 0 Å². The Hall–Kier alpha value is -2.18. The van der Waals surface area contributed by atoms with Crippen LogP contribution in [0.15, 0.2) is 48.6 Å². The van der Waals surface area contributed by atoms with Crippen molar-refractivity contribution in [2.45, 2.75) is 347 Å². The lowest BCUT2D eigenvalue weighted by Gasteiger charge is -2.19. The van der Waals surface area contributed by atoms with E-state index in [-0.39, 0.29) is 18.5 Å². The molecular formula is C66H123NO5. The molecule has 0 aromatic carbocycles. The number of allylic oxidation sites excluding steroid dienone is 7. The van der Waals surface area contributed by atoms with Crippen molar-refractivity contribution in [1.29, 1.82) is 0 Å². The molecule has 0 aliphatic carbocycles. The van der Waals surface area contributed by atoms with Crippen LogP contribution in [0.25, 0.3) is 0 Å². The van der Waals surface area contributed by atoms with Gasteiger partial charge in [0.05, 0.1) is 25.4 Å². The van der Waals surface area contributed by atoms with Crippen LogP contribution in [0.4, 0.5) is 0 Å². The van der Waals surface area contributed by atoms with Gasteiger partial charge in [0.15, 0.2) is 0 Å². The Morgan fingerprint density at radius 3 is 1.10 bits per heavy atom. The second-order valence-corrected chi connectivity index (χ2v) is 21.7. The predicted octanol–water partition coefficient (Wildman–Crippen LogP) is 20.1. The highest BCUT2D eigenvalue weighted by atomic mass is 16.5. The van der Waals surface area contributed by atoms with Crippen molar-refractivity contribution in [3.63, 3.8) is 0 Å². The quantitative estimate of drug-likeness (QED) is 0.0320. The number of ether oxygens (including phenoxy) is 1. The summed E-state index contributed by atoms with van der Waals surface area (Å²) >= 11 is 0. The summed E-state index contributed by atoms with van der Waals surface area (Å²) in [6.07, 6.45) is 78.8. The first kappa shape index (κ1) is 69.8. The van der Waals surface area contributed by atoms with E-state index in [9.17, 15) is 19.8 Å². The molecule has 0 radical (unpaired) electrons. The molecule has 422 valence electrons. The third-order valence-electron chi connectivity index (χ3n) is 14.6. The molecule has 3 N–H and O–H groups in total. The maximum Gasteiger partial charge on any atom is 0.305 e. The number of rotatable bonds is 59. The van der Waals surface area contributed by atoms with Crippen molar-refractivity contribution in [2.75, 3.05) is 13.2 Å². The number of nitrogens with one attached hydrogen (secondary N) is 1. The molecule has 2 unspecified atom stereocenters. The second-order valence-electron chi connectivity index (χ2n) is 21.7. The summed E-state index contributed by atoms with van der Waals surface area (Å²) < 4.78 is 5.47. The molecule has 72 heavy (non-hydrogen) atoms. The van der Waals surface area contributed by atoms with Gasteiger partial charge in [0.2, 0.25) is 5.91 Å². The summed E-state index contributed by atoms with van der Waals surface area (Å²) in [4.78, 5) is 24.5. The summed E-state index contributed by atoms with van der Waals surface area (Å²) in [5, 5.41) is 23.1. The van der Waals surface area contributed by atoms with E-state index < -0.39 is 12.1 Å².